The molecular weight excluding hydrogens is 376 g/mol. The van der Waals surface area contributed by atoms with Gasteiger partial charge in [-0.15, -0.1) is 0 Å². The summed E-state index contributed by atoms with van der Waals surface area (Å²) in [6, 6.07) is 14.8. The highest BCUT2D eigenvalue weighted by Crippen LogP contribution is 2.23. The standard InChI is InChI=1S/C23H22N6O/c1-13-3-5-15(6-4-13)14(2)27-23(30)22-28-19-11-17(18(24)12-20(19)29-22)21(25)16-7-9-26-10-8-16/h3-12,14,25H,24H2,1-2H3,(H,27,30)(H,28,29)/t14-/m1/s1. The first-order chi connectivity index (χ1) is 14.4. The van der Waals surface area contributed by atoms with Gasteiger partial charge in [-0.3, -0.25) is 15.2 Å². The molecule has 0 aliphatic carbocycles. The summed E-state index contributed by atoms with van der Waals surface area (Å²) < 4.78 is 0. The zero-order valence-electron chi connectivity index (χ0n) is 16.7. The molecule has 30 heavy (non-hydrogen) atoms. The lowest BCUT2D eigenvalue weighted by molar-refractivity contribution is 0.0930. The molecule has 0 bridgehead atoms. The molecule has 0 saturated carbocycles. The smallest absolute Gasteiger partial charge is 0.287 e. The highest BCUT2D eigenvalue weighted by atomic mass is 16.2. The topological polar surface area (TPSA) is 121 Å². The minimum Gasteiger partial charge on any atom is -0.398 e. The fourth-order valence-electron chi connectivity index (χ4n) is 3.27. The van der Waals surface area contributed by atoms with E-state index in [9.17, 15) is 4.79 Å². The van der Waals surface area contributed by atoms with Crippen molar-refractivity contribution in [2.75, 3.05) is 5.73 Å². The normalized spacial score (nSPS) is 11.9. The summed E-state index contributed by atoms with van der Waals surface area (Å²) in [5.74, 6) is -0.0976. The van der Waals surface area contributed by atoms with Crippen LogP contribution in [0.4, 0.5) is 5.69 Å². The number of pyridine rings is 1. The van der Waals surface area contributed by atoms with E-state index in [1.54, 1.807) is 36.7 Å². The molecule has 0 radical (unpaired) electrons. The third-order valence-corrected chi connectivity index (χ3v) is 5.03. The lowest BCUT2D eigenvalue weighted by Crippen LogP contribution is -2.27. The van der Waals surface area contributed by atoms with Crippen molar-refractivity contribution < 1.29 is 4.79 Å². The van der Waals surface area contributed by atoms with Gasteiger partial charge in [0.25, 0.3) is 5.91 Å². The van der Waals surface area contributed by atoms with E-state index >= 15 is 0 Å². The summed E-state index contributed by atoms with van der Waals surface area (Å²) in [4.78, 5) is 24.1. The van der Waals surface area contributed by atoms with Gasteiger partial charge in [-0.1, -0.05) is 29.8 Å². The number of nitrogens with one attached hydrogen (secondary N) is 3. The van der Waals surface area contributed by atoms with Gasteiger partial charge in [0.1, 0.15) is 0 Å². The summed E-state index contributed by atoms with van der Waals surface area (Å²) in [5, 5.41) is 11.4. The number of nitrogens with zero attached hydrogens (tertiary/aromatic N) is 2. The van der Waals surface area contributed by atoms with Crippen LogP contribution in [0.15, 0.2) is 60.9 Å². The number of aryl methyl sites for hydroxylation is 1. The lowest BCUT2D eigenvalue weighted by Gasteiger charge is -2.13. The van der Waals surface area contributed by atoms with E-state index < -0.39 is 0 Å². The number of imidazole rings is 1. The Morgan fingerprint density at radius 3 is 2.53 bits per heavy atom. The molecule has 0 aliphatic heterocycles. The van der Waals surface area contributed by atoms with Crippen LogP contribution in [0.5, 0.6) is 0 Å². The number of aromatic amines is 1. The summed E-state index contributed by atoms with van der Waals surface area (Å²) >= 11 is 0. The van der Waals surface area contributed by atoms with E-state index in [0.29, 0.717) is 27.8 Å². The first-order valence-electron chi connectivity index (χ1n) is 9.58. The maximum Gasteiger partial charge on any atom is 0.287 e. The molecule has 150 valence electrons. The molecule has 7 nitrogen and oxygen atoms in total. The van der Waals surface area contributed by atoms with Crippen LogP contribution in [-0.2, 0) is 0 Å². The number of carbonyl (C=O) groups is 1. The Hall–Kier alpha value is -4.00. The molecule has 7 heteroatoms. The molecular formula is C23H22N6O. The third-order valence-electron chi connectivity index (χ3n) is 5.03. The fraction of sp³-hybridized carbons (Fsp3) is 0.130. The van der Waals surface area contributed by atoms with Crippen LogP contribution in [0.25, 0.3) is 11.0 Å². The van der Waals surface area contributed by atoms with Crippen LogP contribution < -0.4 is 11.1 Å². The molecule has 0 spiro atoms. The van der Waals surface area contributed by atoms with Crippen molar-refractivity contribution in [1.82, 2.24) is 20.3 Å². The Morgan fingerprint density at radius 2 is 1.83 bits per heavy atom. The average molecular weight is 398 g/mol. The van der Waals surface area contributed by atoms with Gasteiger partial charge in [0.05, 0.1) is 22.8 Å². The number of aromatic nitrogens is 3. The quantitative estimate of drug-likeness (QED) is 0.302. The summed E-state index contributed by atoms with van der Waals surface area (Å²) in [5.41, 5.74) is 11.6. The predicted molar refractivity (Wildman–Crippen MR) is 118 cm³/mol. The average Bonchev–Trinajstić information content (AvgIpc) is 3.16. The molecule has 1 amide bonds. The van der Waals surface area contributed by atoms with Crippen molar-refractivity contribution in [3.05, 3.63) is 89.0 Å². The van der Waals surface area contributed by atoms with Crippen molar-refractivity contribution in [2.24, 2.45) is 0 Å². The van der Waals surface area contributed by atoms with Crippen molar-refractivity contribution in [2.45, 2.75) is 19.9 Å². The number of nitrogen functional groups attached to an aromatic ring is 1. The van der Waals surface area contributed by atoms with E-state index in [2.05, 4.69) is 20.3 Å². The fourth-order valence-corrected chi connectivity index (χ4v) is 3.27. The van der Waals surface area contributed by atoms with Gasteiger partial charge in [0.15, 0.2) is 5.82 Å². The largest absolute Gasteiger partial charge is 0.398 e. The van der Waals surface area contributed by atoms with Gasteiger partial charge in [0, 0.05) is 29.2 Å². The Kier molecular flexibility index (Phi) is 5.02. The second kappa shape index (κ2) is 7.79. The van der Waals surface area contributed by atoms with E-state index in [4.69, 9.17) is 11.1 Å². The minimum absolute atomic E-state index is 0.160. The van der Waals surface area contributed by atoms with Crippen molar-refractivity contribution in [3.8, 4) is 0 Å². The number of rotatable bonds is 5. The molecule has 1 atom stereocenters. The SMILES string of the molecule is Cc1ccc([C@@H](C)NC(=O)c2nc3cc(N)c(C(=N)c4ccncc4)cc3[nH]2)cc1. The lowest BCUT2D eigenvalue weighted by atomic mass is 10.0. The molecule has 0 fully saturated rings. The van der Waals surface area contributed by atoms with Crippen LogP contribution in [0.3, 0.4) is 0 Å². The second-order valence-corrected chi connectivity index (χ2v) is 7.26. The number of nitrogens with two attached hydrogens (primary N) is 1. The molecule has 2 heterocycles. The van der Waals surface area contributed by atoms with Gasteiger partial charge < -0.3 is 16.0 Å². The number of H-pyrrole nitrogens is 1. The van der Waals surface area contributed by atoms with Crippen LogP contribution in [0.2, 0.25) is 0 Å². The number of anilines is 1. The number of fused-ring (bicyclic) bond motifs is 1. The number of amides is 1. The van der Waals surface area contributed by atoms with Gasteiger partial charge in [-0.25, -0.2) is 4.98 Å². The number of carbonyl (C=O) groups excluding carboxylic acids is 1. The molecule has 2 aromatic carbocycles. The molecule has 4 aromatic rings. The Labute approximate surface area is 173 Å². The van der Waals surface area contributed by atoms with E-state index in [-0.39, 0.29) is 23.5 Å². The summed E-state index contributed by atoms with van der Waals surface area (Å²) in [6.07, 6.45) is 3.26. The van der Waals surface area contributed by atoms with Gasteiger partial charge in [0.2, 0.25) is 0 Å². The summed E-state index contributed by atoms with van der Waals surface area (Å²) in [7, 11) is 0. The van der Waals surface area contributed by atoms with E-state index in [1.807, 2.05) is 38.1 Å². The highest BCUT2D eigenvalue weighted by molar-refractivity contribution is 6.15. The maximum absolute atomic E-state index is 12.7. The van der Waals surface area contributed by atoms with Crippen molar-refractivity contribution >= 4 is 28.3 Å². The molecule has 0 aliphatic rings. The predicted octanol–water partition coefficient (Wildman–Crippen LogP) is 3.76. The Bertz CT molecular complexity index is 1230. The van der Waals surface area contributed by atoms with Crippen molar-refractivity contribution in [1.29, 1.82) is 5.41 Å². The van der Waals surface area contributed by atoms with Gasteiger partial charge >= 0.3 is 0 Å². The van der Waals surface area contributed by atoms with E-state index in [0.717, 1.165) is 5.56 Å². The van der Waals surface area contributed by atoms with Crippen LogP contribution >= 0.6 is 0 Å². The van der Waals surface area contributed by atoms with Crippen LogP contribution in [0.1, 0.15) is 45.8 Å². The maximum atomic E-state index is 12.7. The van der Waals surface area contributed by atoms with Crippen LogP contribution in [0, 0.1) is 12.3 Å². The Morgan fingerprint density at radius 1 is 1.13 bits per heavy atom. The Balaban J connectivity index is 1.59. The second-order valence-electron chi connectivity index (χ2n) is 7.26. The zero-order valence-corrected chi connectivity index (χ0v) is 16.7. The first-order valence-corrected chi connectivity index (χ1v) is 9.58. The van der Waals surface area contributed by atoms with Gasteiger partial charge in [-0.05, 0) is 43.7 Å². The van der Waals surface area contributed by atoms with Gasteiger partial charge in [-0.2, -0.15) is 0 Å². The van der Waals surface area contributed by atoms with Crippen LogP contribution in [-0.4, -0.2) is 26.6 Å². The molecule has 0 unspecified atom stereocenters. The number of benzene rings is 2. The molecule has 4 rings (SSSR count). The summed E-state index contributed by atoms with van der Waals surface area (Å²) in [6.45, 7) is 3.95. The third kappa shape index (κ3) is 3.77. The molecule has 5 N–H and O–H groups in total. The minimum atomic E-state index is -0.302. The zero-order chi connectivity index (χ0) is 21.3. The highest BCUT2D eigenvalue weighted by Gasteiger charge is 2.17. The molecule has 2 aromatic heterocycles. The number of hydrogen-bond donors (Lipinski definition) is 4. The van der Waals surface area contributed by atoms with E-state index in [1.165, 1.54) is 5.56 Å². The number of hydrogen-bond acceptors (Lipinski definition) is 5. The van der Waals surface area contributed by atoms with Crippen molar-refractivity contribution in [3.63, 3.8) is 0 Å². The monoisotopic (exact) mass is 398 g/mol. The first kappa shape index (κ1) is 19.3. The molecule has 0 saturated heterocycles.